The van der Waals surface area contributed by atoms with Crippen LogP contribution in [-0.2, 0) is 0 Å². The smallest absolute Gasteiger partial charge is 0.271 e. The number of hydrogen-bond acceptors (Lipinski definition) is 4. The highest BCUT2D eigenvalue weighted by Gasteiger charge is 2.21. The molecule has 0 fully saturated rings. The van der Waals surface area contributed by atoms with Gasteiger partial charge in [-0.25, -0.2) is 4.98 Å². The van der Waals surface area contributed by atoms with Gasteiger partial charge in [0.05, 0.1) is 5.69 Å². The number of thiazole rings is 1. The highest BCUT2D eigenvalue weighted by Crippen LogP contribution is 2.24. The van der Waals surface area contributed by atoms with E-state index in [2.05, 4.69) is 4.98 Å². The summed E-state index contributed by atoms with van der Waals surface area (Å²) in [6.45, 7) is 5.83. The summed E-state index contributed by atoms with van der Waals surface area (Å²) in [7, 11) is 1.69. The van der Waals surface area contributed by atoms with Crippen molar-refractivity contribution in [2.45, 2.75) is 26.8 Å². The van der Waals surface area contributed by atoms with Gasteiger partial charge in [0.15, 0.2) is 4.96 Å². The fraction of sp³-hybridized carbons (Fsp3) is 0.278. The fourth-order valence-electron chi connectivity index (χ4n) is 2.39. The number of aromatic nitrogens is 2. The van der Waals surface area contributed by atoms with Crippen LogP contribution < -0.4 is 5.56 Å². The maximum absolute atomic E-state index is 12.9. The van der Waals surface area contributed by atoms with Crippen LogP contribution in [-0.4, -0.2) is 33.3 Å². The Morgan fingerprint density at radius 1 is 1.25 bits per heavy atom. The number of carbonyl (C=O) groups excluding carboxylic acids is 1. The van der Waals surface area contributed by atoms with E-state index >= 15 is 0 Å². The third-order valence-corrected chi connectivity index (χ3v) is 4.96. The number of rotatable bonds is 3. The summed E-state index contributed by atoms with van der Waals surface area (Å²) in [4.78, 5) is 31.9. The number of carbonyl (C=O) groups is 1. The van der Waals surface area contributed by atoms with E-state index < -0.39 is 0 Å². The van der Waals surface area contributed by atoms with Crippen LogP contribution in [0, 0.1) is 6.92 Å². The molecular formula is C18H19N3O2S. The summed E-state index contributed by atoms with van der Waals surface area (Å²) in [6.07, 6.45) is 1.38. The zero-order valence-electron chi connectivity index (χ0n) is 14.1. The number of amides is 1. The molecule has 0 unspecified atom stereocenters. The minimum absolute atomic E-state index is 0.0108. The monoisotopic (exact) mass is 341 g/mol. The van der Waals surface area contributed by atoms with E-state index in [1.54, 1.807) is 11.9 Å². The van der Waals surface area contributed by atoms with Crippen molar-refractivity contribution >= 4 is 22.2 Å². The number of fused-ring (bicyclic) bond motifs is 1. The molecule has 0 aliphatic rings. The van der Waals surface area contributed by atoms with Crippen LogP contribution in [0.15, 0.2) is 40.6 Å². The average molecular weight is 341 g/mol. The fourth-order valence-corrected chi connectivity index (χ4v) is 3.25. The van der Waals surface area contributed by atoms with Crippen LogP contribution in [0.25, 0.3) is 16.2 Å². The molecule has 0 saturated heterocycles. The molecule has 2 aromatic heterocycles. The Kier molecular flexibility index (Phi) is 4.24. The molecule has 1 amide bonds. The van der Waals surface area contributed by atoms with Gasteiger partial charge in [0, 0.05) is 24.7 Å². The zero-order valence-corrected chi connectivity index (χ0v) is 14.9. The lowest BCUT2D eigenvalue weighted by Crippen LogP contribution is -2.37. The van der Waals surface area contributed by atoms with E-state index in [0.29, 0.717) is 4.96 Å². The highest BCUT2D eigenvalue weighted by atomic mass is 32.1. The van der Waals surface area contributed by atoms with Gasteiger partial charge in [-0.05, 0) is 26.3 Å². The van der Waals surface area contributed by atoms with E-state index in [1.165, 1.54) is 21.9 Å². The van der Waals surface area contributed by atoms with E-state index in [9.17, 15) is 9.59 Å². The number of nitrogens with zero attached hydrogens (tertiary/aromatic N) is 3. The molecule has 24 heavy (non-hydrogen) atoms. The predicted octanol–water partition coefficient (Wildman–Crippen LogP) is 3.21. The molecule has 124 valence electrons. The van der Waals surface area contributed by atoms with Crippen LogP contribution in [0.3, 0.4) is 0 Å². The summed E-state index contributed by atoms with van der Waals surface area (Å²) < 4.78 is 1.52. The Bertz CT molecular complexity index is 955. The van der Waals surface area contributed by atoms with Crippen LogP contribution >= 0.6 is 11.3 Å². The van der Waals surface area contributed by atoms with Crippen molar-refractivity contribution in [3.63, 3.8) is 0 Å². The second kappa shape index (κ2) is 6.20. The summed E-state index contributed by atoms with van der Waals surface area (Å²) >= 11 is 1.39. The lowest BCUT2D eigenvalue weighted by atomic mass is 10.1. The van der Waals surface area contributed by atoms with Gasteiger partial charge in [-0.1, -0.05) is 29.8 Å². The minimum Gasteiger partial charge on any atom is -0.339 e. The molecule has 0 saturated carbocycles. The molecule has 1 aromatic carbocycles. The van der Waals surface area contributed by atoms with Crippen molar-refractivity contribution in [3.05, 3.63) is 57.3 Å². The number of hydrogen-bond donors (Lipinski definition) is 0. The van der Waals surface area contributed by atoms with Crippen molar-refractivity contribution in [1.29, 1.82) is 0 Å². The molecule has 0 bridgehead atoms. The van der Waals surface area contributed by atoms with E-state index in [1.807, 2.05) is 50.4 Å². The Morgan fingerprint density at radius 3 is 2.54 bits per heavy atom. The van der Waals surface area contributed by atoms with Crippen LogP contribution in [0.2, 0.25) is 0 Å². The van der Waals surface area contributed by atoms with Crippen LogP contribution in [0.5, 0.6) is 0 Å². The van der Waals surface area contributed by atoms with Gasteiger partial charge >= 0.3 is 0 Å². The molecule has 0 aliphatic carbocycles. The van der Waals surface area contributed by atoms with Crippen molar-refractivity contribution in [2.24, 2.45) is 0 Å². The summed E-state index contributed by atoms with van der Waals surface area (Å²) in [5.41, 5.74) is 2.61. The normalized spacial score (nSPS) is 11.2. The SMILES string of the molecule is Cc1ccc(-c2csc3ncc(C(=O)N(C)C(C)C)c(=O)n23)cc1. The molecule has 0 radical (unpaired) electrons. The Hall–Kier alpha value is -2.47. The third-order valence-electron chi connectivity index (χ3n) is 4.12. The van der Waals surface area contributed by atoms with E-state index in [-0.39, 0.29) is 23.1 Å². The van der Waals surface area contributed by atoms with Crippen LogP contribution in [0.4, 0.5) is 0 Å². The predicted molar refractivity (Wildman–Crippen MR) is 96.7 cm³/mol. The van der Waals surface area contributed by atoms with Gasteiger partial charge in [0.25, 0.3) is 11.5 Å². The molecule has 5 nitrogen and oxygen atoms in total. The molecule has 6 heteroatoms. The first-order chi connectivity index (χ1) is 11.4. The molecule has 0 N–H and O–H groups in total. The van der Waals surface area contributed by atoms with Crippen molar-refractivity contribution < 1.29 is 4.79 Å². The molecular weight excluding hydrogens is 322 g/mol. The third kappa shape index (κ3) is 2.73. The van der Waals surface area contributed by atoms with Crippen molar-refractivity contribution in [1.82, 2.24) is 14.3 Å². The zero-order chi connectivity index (χ0) is 17.4. The Balaban J connectivity index is 2.18. The topological polar surface area (TPSA) is 54.7 Å². The van der Waals surface area contributed by atoms with Crippen molar-refractivity contribution in [3.8, 4) is 11.3 Å². The first kappa shape index (κ1) is 16.4. The molecule has 0 spiro atoms. The van der Waals surface area contributed by atoms with Gasteiger partial charge in [-0.3, -0.25) is 14.0 Å². The second-order valence-electron chi connectivity index (χ2n) is 6.09. The lowest BCUT2D eigenvalue weighted by Gasteiger charge is -2.20. The number of benzene rings is 1. The first-order valence-corrected chi connectivity index (χ1v) is 8.61. The van der Waals surface area contributed by atoms with Gasteiger partial charge < -0.3 is 4.90 Å². The van der Waals surface area contributed by atoms with E-state index in [4.69, 9.17) is 0 Å². The standard InChI is InChI=1S/C18H19N3O2S/c1-11(2)20(4)16(22)14-9-19-18-21(17(14)23)15(10-24-18)13-7-5-12(3)6-8-13/h5-11H,1-4H3. The van der Waals surface area contributed by atoms with E-state index in [0.717, 1.165) is 16.8 Å². The molecule has 3 aromatic rings. The summed E-state index contributed by atoms with van der Waals surface area (Å²) in [5, 5.41) is 1.90. The van der Waals surface area contributed by atoms with Crippen LogP contribution in [0.1, 0.15) is 29.8 Å². The van der Waals surface area contributed by atoms with Gasteiger partial charge in [0.1, 0.15) is 5.56 Å². The first-order valence-electron chi connectivity index (χ1n) is 7.73. The second-order valence-corrected chi connectivity index (χ2v) is 6.93. The molecule has 0 atom stereocenters. The Labute approximate surface area is 144 Å². The van der Waals surface area contributed by atoms with Gasteiger partial charge in [0.2, 0.25) is 0 Å². The van der Waals surface area contributed by atoms with Crippen molar-refractivity contribution in [2.75, 3.05) is 7.05 Å². The molecule has 3 rings (SSSR count). The average Bonchev–Trinajstić information content (AvgIpc) is 2.99. The number of aryl methyl sites for hydroxylation is 1. The Morgan fingerprint density at radius 2 is 1.92 bits per heavy atom. The van der Waals surface area contributed by atoms with Gasteiger partial charge in [-0.2, -0.15) is 0 Å². The largest absolute Gasteiger partial charge is 0.339 e. The minimum atomic E-state index is -0.325. The lowest BCUT2D eigenvalue weighted by molar-refractivity contribution is 0.0752. The summed E-state index contributed by atoms with van der Waals surface area (Å²) in [5.74, 6) is -0.307. The molecule has 2 heterocycles. The maximum atomic E-state index is 12.9. The van der Waals surface area contributed by atoms with Gasteiger partial charge in [-0.15, -0.1) is 11.3 Å². The maximum Gasteiger partial charge on any atom is 0.271 e. The summed E-state index contributed by atoms with van der Waals surface area (Å²) in [6, 6.07) is 7.95. The quantitative estimate of drug-likeness (QED) is 0.735. The molecule has 0 aliphatic heterocycles. The highest BCUT2D eigenvalue weighted by molar-refractivity contribution is 7.15.